The highest BCUT2D eigenvalue weighted by atomic mass is 32.2. The molecule has 0 aromatic heterocycles. The Labute approximate surface area is 65.8 Å². The topological polar surface area (TPSA) is 0 Å². The zero-order chi connectivity index (χ0) is 7.11. The summed E-state index contributed by atoms with van der Waals surface area (Å²) in [4.78, 5) is 1.25. The van der Waals surface area contributed by atoms with Crippen LogP contribution in [-0.2, 0) is 0 Å². The summed E-state index contributed by atoms with van der Waals surface area (Å²) >= 11 is 3.54. The molecular formula is C7H12S2. The molecule has 0 fully saturated rings. The Hall–Kier alpha value is 0.180. The van der Waals surface area contributed by atoms with Gasteiger partial charge in [0.15, 0.2) is 0 Å². The molecule has 0 rings (SSSR count). The standard InChI is InChI=1S/C7H12S2/c1-4-7(8-3)6-9-5-2/h4,6H,1,5H2,2-3H3. The molecule has 0 bridgehead atoms. The summed E-state index contributed by atoms with van der Waals surface area (Å²) in [5.74, 6) is 1.14. The van der Waals surface area contributed by atoms with E-state index < -0.39 is 0 Å². The van der Waals surface area contributed by atoms with Crippen LogP contribution in [0.15, 0.2) is 23.0 Å². The monoisotopic (exact) mass is 160 g/mol. The van der Waals surface area contributed by atoms with Gasteiger partial charge >= 0.3 is 0 Å². The van der Waals surface area contributed by atoms with Crippen molar-refractivity contribution in [1.29, 1.82) is 0 Å². The highest BCUT2D eigenvalue weighted by Gasteiger charge is 1.83. The molecule has 0 atom stereocenters. The molecule has 0 amide bonds. The first kappa shape index (κ1) is 9.18. The first-order valence-corrected chi connectivity index (χ1v) is 5.10. The molecule has 0 aromatic carbocycles. The molecule has 0 unspecified atom stereocenters. The van der Waals surface area contributed by atoms with Gasteiger partial charge in [-0.2, -0.15) is 0 Å². The van der Waals surface area contributed by atoms with Crippen molar-refractivity contribution in [2.45, 2.75) is 6.92 Å². The summed E-state index contributed by atoms with van der Waals surface area (Å²) in [6, 6.07) is 0. The van der Waals surface area contributed by atoms with Crippen LogP contribution in [0.3, 0.4) is 0 Å². The fourth-order valence-corrected chi connectivity index (χ4v) is 1.53. The van der Waals surface area contributed by atoms with E-state index in [2.05, 4.69) is 25.2 Å². The Kier molecular flexibility index (Phi) is 6.43. The summed E-state index contributed by atoms with van der Waals surface area (Å²) in [5, 5.41) is 2.14. The third-order valence-electron chi connectivity index (χ3n) is 0.803. The molecule has 0 radical (unpaired) electrons. The predicted molar refractivity (Wildman–Crippen MR) is 49.9 cm³/mol. The van der Waals surface area contributed by atoms with E-state index in [-0.39, 0.29) is 0 Å². The zero-order valence-electron chi connectivity index (χ0n) is 5.89. The summed E-state index contributed by atoms with van der Waals surface area (Å²) in [5.41, 5.74) is 0. The number of hydrogen-bond donors (Lipinski definition) is 0. The lowest BCUT2D eigenvalue weighted by atomic mass is 10.6. The van der Waals surface area contributed by atoms with Crippen molar-refractivity contribution in [2.24, 2.45) is 0 Å². The molecule has 0 aliphatic heterocycles. The number of thioether (sulfide) groups is 2. The molecular weight excluding hydrogens is 148 g/mol. The second-order valence-electron chi connectivity index (χ2n) is 1.38. The maximum absolute atomic E-state index is 3.68. The number of allylic oxidation sites excluding steroid dienone is 1. The molecule has 52 valence electrons. The Balaban J connectivity index is 3.61. The average Bonchev–Trinajstić information content (AvgIpc) is 1.91. The zero-order valence-corrected chi connectivity index (χ0v) is 7.52. The second kappa shape index (κ2) is 6.30. The van der Waals surface area contributed by atoms with Gasteiger partial charge in [0.05, 0.1) is 0 Å². The van der Waals surface area contributed by atoms with Crippen molar-refractivity contribution < 1.29 is 0 Å². The van der Waals surface area contributed by atoms with Gasteiger partial charge in [-0.15, -0.1) is 23.5 Å². The van der Waals surface area contributed by atoms with Crippen LogP contribution in [0.25, 0.3) is 0 Å². The third kappa shape index (κ3) is 4.67. The maximum Gasteiger partial charge on any atom is 0.0126 e. The van der Waals surface area contributed by atoms with E-state index in [9.17, 15) is 0 Å². The van der Waals surface area contributed by atoms with Gasteiger partial charge in [-0.25, -0.2) is 0 Å². The minimum absolute atomic E-state index is 1.14. The third-order valence-corrected chi connectivity index (χ3v) is 2.46. The van der Waals surface area contributed by atoms with E-state index in [1.54, 1.807) is 11.8 Å². The average molecular weight is 160 g/mol. The predicted octanol–water partition coefficient (Wildman–Crippen LogP) is 3.13. The van der Waals surface area contributed by atoms with Crippen molar-refractivity contribution in [1.82, 2.24) is 0 Å². The Morgan fingerprint density at radius 3 is 2.67 bits per heavy atom. The van der Waals surface area contributed by atoms with Crippen molar-refractivity contribution in [3.63, 3.8) is 0 Å². The van der Waals surface area contributed by atoms with E-state index in [1.165, 1.54) is 4.91 Å². The molecule has 0 aliphatic rings. The first-order chi connectivity index (χ1) is 4.35. The lowest BCUT2D eigenvalue weighted by molar-refractivity contribution is 1.54. The molecule has 9 heavy (non-hydrogen) atoms. The van der Waals surface area contributed by atoms with Crippen molar-refractivity contribution in [3.05, 3.63) is 23.0 Å². The lowest BCUT2D eigenvalue weighted by Crippen LogP contribution is -1.65. The van der Waals surface area contributed by atoms with Crippen LogP contribution in [0.5, 0.6) is 0 Å². The second-order valence-corrected chi connectivity index (χ2v) is 3.41. The largest absolute Gasteiger partial charge is 0.133 e. The van der Waals surface area contributed by atoms with Crippen LogP contribution >= 0.6 is 23.5 Å². The Morgan fingerprint density at radius 1 is 1.67 bits per heavy atom. The quantitative estimate of drug-likeness (QED) is 0.579. The van der Waals surface area contributed by atoms with Gasteiger partial charge in [0.1, 0.15) is 0 Å². The molecule has 0 saturated carbocycles. The summed E-state index contributed by atoms with van der Waals surface area (Å²) < 4.78 is 0. The molecule has 0 saturated heterocycles. The van der Waals surface area contributed by atoms with Crippen molar-refractivity contribution in [3.8, 4) is 0 Å². The fraction of sp³-hybridized carbons (Fsp3) is 0.429. The summed E-state index contributed by atoms with van der Waals surface area (Å²) in [7, 11) is 0. The van der Waals surface area contributed by atoms with Crippen LogP contribution in [0.1, 0.15) is 6.92 Å². The van der Waals surface area contributed by atoms with E-state index in [4.69, 9.17) is 0 Å². The molecule has 2 heteroatoms. The van der Waals surface area contributed by atoms with E-state index in [0.717, 1.165) is 5.75 Å². The molecule has 0 N–H and O–H groups in total. The fourth-order valence-electron chi connectivity index (χ4n) is 0.345. The lowest BCUT2D eigenvalue weighted by Gasteiger charge is -1.92. The highest BCUT2D eigenvalue weighted by molar-refractivity contribution is 8.05. The summed E-state index contributed by atoms with van der Waals surface area (Å²) in [6.07, 6.45) is 3.94. The van der Waals surface area contributed by atoms with Gasteiger partial charge in [-0.05, 0) is 17.4 Å². The molecule has 0 aromatic rings. The van der Waals surface area contributed by atoms with E-state index >= 15 is 0 Å². The van der Waals surface area contributed by atoms with Crippen molar-refractivity contribution in [2.75, 3.05) is 12.0 Å². The first-order valence-electron chi connectivity index (χ1n) is 2.83. The van der Waals surface area contributed by atoms with Gasteiger partial charge in [0.25, 0.3) is 0 Å². The van der Waals surface area contributed by atoms with Crippen LogP contribution in [0.2, 0.25) is 0 Å². The molecule has 0 aliphatic carbocycles. The van der Waals surface area contributed by atoms with Gasteiger partial charge in [0, 0.05) is 4.91 Å². The number of rotatable bonds is 4. The Bertz CT molecular complexity index is 105. The van der Waals surface area contributed by atoms with Crippen LogP contribution < -0.4 is 0 Å². The molecule has 0 nitrogen and oxygen atoms in total. The van der Waals surface area contributed by atoms with Gasteiger partial charge in [-0.3, -0.25) is 0 Å². The minimum atomic E-state index is 1.14. The normalized spacial score (nSPS) is 11.6. The van der Waals surface area contributed by atoms with E-state index in [1.807, 2.05) is 17.8 Å². The SMILES string of the molecule is C=CC(=CSCC)SC. The minimum Gasteiger partial charge on any atom is -0.133 e. The Morgan fingerprint density at radius 2 is 2.33 bits per heavy atom. The van der Waals surface area contributed by atoms with Crippen LogP contribution in [0.4, 0.5) is 0 Å². The van der Waals surface area contributed by atoms with Crippen LogP contribution in [-0.4, -0.2) is 12.0 Å². The van der Waals surface area contributed by atoms with E-state index in [0.29, 0.717) is 0 Å². The smallest absolute Gasteiger partial charge is 0.0126 e. The van der Waals surface area contributed by atoms with Crippen LogP contribution in [0, 0.1) is 0 Å². The summed E-state index contributed by atoms with van der Waals surface area (Å²) in [6.45, 7) is 5.82. The molecule has 0 spiro atoms. The molecule has 0 heterocycles. The van der Waals surface area contributed by atoms with Crippen molar-refractivity contribution >= 4 is 23.5 Å². The maximum atomic E-state index is 3.68. The van der Waals surface area contributed by atoms with Gasteiger partial charge < -0.3 is 0 Å². The van der Waals surface area contributed by atoms with Gasteiger partial charge in [0.2, 0.25) is 0 Å². The number of hydrogen-bond acceptors (Lipinski definition) is 2. The highest BCUT2D eigenvalue weighted by Crippen LogP contribution is 2.16. The van der Waals surface area contributed by atoms with Gasteiger partial charge in [-0.1, -0.05) is 19.6 Å².